The highest BCUT2D eigenvalue weighted by atomic mass is 16.6. The maximum atomic E-state index is 12.0. The van der Waals surface area contributed by atoms with Crippen molar-refractivity contribution in [3.63, 3.8) is 0 Å². The van der Waals surface area contributed by atoms with Crippen LogP contribution in [0.4, 0.5) is 5.69 Å². The number of nitro groups is 1. The van der Waals surface area contributed by atoms with Crippen LogP contribution in [-0.2, 0) is 6.42 Å². The lowest BCUT2D eigenvalue weighted by Crippen LogP contribution is -2.04. The topological polar surface area (TPSA) is 101 Å². The smallest absolute Gasteiger partial charge is 0.269 e. The molecule has 0 radical (unpaired) electrons. The minimum absolute atomic E-state index is 0.0170. The fourth-order valence-electron chi connectivity index (χ4n) is 1.76. The number of ketones is 1. The third-order valence-corrected chi connectivity index (χ3v) is 2.79. The van der Waals surface area contributed by atoms with Gasteiger partial charge < -0.3 is 10.2 Å². The first-order valence-corrected chi connectivity index (χ1v) is 5.76. The molecule has 0 heterocycles. The molecule has 6 heteroatoms. The van der Waals surface area contributed by atoms with E-state index in [4.69, 9.17) is 0 Å². The molecule has 0 fully saturated rings. The van der Waals surface area contributed by atoms with Crippen LogP contribution in [0.25, 0.3) is 0 Å². The normalized spacial score (nSPS) is 10.2. The van der Waals surface area contributed by atoms with Crippen molar-refractivity contribution in [3.8, 4) is 11.5 Å². The summed E-state index contributed by atoms with van der Waals surface area (Å²) in [5.41, 5.74) is 0.549. The van der Waals surface area contributed by atoms with Crippen molar-refractivity contribution in [2.24, 2.45) is 0 Å². The second kappa shape index (κ2) is 5.40. The van der Waals surface area contributed by atoms with Gasteiger partial charge in [-0.1, -0.05) is 12.1 Å². The van der Waals surface area contributed by atoms with Gasteiger partial charge in [0.15, 0.2) is 5.78 Å². The zero-order valence-electron chi connectivity index (χ0n) is 10.3. The molecular formula is C14H11NO5. The summed E-state index contributed by atoms with van der Waals surface area (Å²) >= 11 is 0. The van der Waals surface area contributed by atoms with E-state index in [1.165, 1.54) is 42.5 Å². The first-order valence-electron chi connectivity index (χ1n) is 5.76. The Morgan fingerprint density at radius 3 is 2.35 bits per heavy atom. The van der Waals surface area contributed by atoms with Crippen LogP contribution >= 0.6 is 0 Å². The summed E-state index contributed by atoms with van der Waals surface area (Å²) in [4.78, 5) is 22.0. The number of nitro benzene ring substituents is 1. The summed E-state index contributed by atoms with van der Waals surface area (Å²) in [5.74, 6) is -0.711. The van der Waals surface area contributed by atoms with Crippen molar-refractivity contribution in [1.29, 1.82) is 0 Å². The molecule has 0 saturated heterocycles. The second-order valence-corrected chi connectivity index (χ2v) is 4.22. The lowest BCUT2D eigenvalue weighted by molar-refractivity contribution is -0.384. The van der Waals surface area contributed by atoms with Crippen LogP contribution in [0.2, 0.25) is 0 Å². The Bertz CT molecular complexity index is 664. The van der Waals surface area contributed by atoms with Crippen molar-refractivity contribution in [3.05, 3.63) is 63.7 Å². The van der Waals surface area contributed by atoms with E-state index in [1.54, 1.807) is 0 Å². The van der Waals surface area contributed by atoms with Crippen molar-refractivity contribution >= 4 is 11.5 Å². The Kier molecular flexibility index (Phi) is 3.65. The zero-order valence-corrected chi connectivity index (χ0v) is 10.3. The molecule has 0 spiro atoms. The average Bonchev–Trinajstić information content (AvgIpc) is 2.42. The minimum atomic E-state index is -0.521. The second-order valence-electron chi connectivity index (χ2n) is 4.22. The van der Waals surface area contributed by atoms with Crippen LogP contribution in [0, 0.1) is 10.1 Å². The number of carbonyl (C=O) groups excluding carboxylic acids is 1. The third-order valence-electron chi connectivity index (χ3n) is 2.79. The van der Waals surface area contributed by atoms with Crippen LogP contribution in [-0.4, -0.2) is 20.9 Å². The number of Topliss-reactive ketones (excluding diaryl/α,β-unsaturated/α-hetero) is 1. The van der Waals surface area contributed by atoms with E-state index in [-0.39, 0.29) is 35.0 Å². The molecule has 6 nitrogen and oxygen atoms in total. The van der Waals surface area contributed by atoms with E-state index in [9.17, 15) is 25.1 Å². The molecule has 0 aliphatic carbocycles. The molecule has 0 unspecified atom stereocenters. The van der Waals surface area contributed by atoms with Gasteiger partial charge in [0, 0.05) is 18.6 Å². The number of hydrogen-bond acceptors (Lipinski definition) is 5. The summed E-state index contributed by atoms with van der Waals surface area (Å²) in [6.07, 6.45) is -0.0188. The molecule has 0 atom stereocenters. The molecular weight excluding hydrogens is 262 g/mol. The summed E-state index contributed by atoms with van der Waals surface area (Å²) in [5, 5.41) is 29.4. The van der Waals surface area contributed by atoms with Gasteiger partial charge in [-0.25, -0.2) is 0 Å². The van der Waals surface area contributed by atoms with Gasteiger partial charge in [0.25, 0.3) is 5.69 Å². The Morgan fingerprint density at radius 2 is 1.75 bits per heavy atom. The molecule has 2 N–H and O–H groups in total. The largest absolute Gasteiger partial charge is 0.508 e. The SMILES string of the molecule is O=C(Cc1ccc([N+](=O)[O-])cc1)c1cc(O)ccc1O. The predicted octanol–water partition coefficient (Wildman–Crippen LogP) is 2.43. The van der Waals surface area contributed by atoms with Crippen LogP contribution in [0.15, 0.2) is 42.5 Å². The molecule has 0 aliphatic heterocycles. The average molecular weight is 273 g/mol. The van der Waals surface area contributed by atoms with E-state index in [1.807, 2.05) is 0 Å². The minimum Gasteiger partial charge on any atom is -0.508 e. The van der Waals surface area contributed by atoms with Crippen LogP contribution in [0.3, 0.4) is 0 Å². The van der Waals surface area contributed by atoms with E-state index in [0.717, 1.165) is 0 Å². The zero-order chi connectivity index (χ0) is 14.7. The molecule has 2 aromatic carbocycles. The molecule has 2 aromatic rings. The number of benzene rings is 2. The number of aromatic hydroxyl groups is 2. The Hall–Kier alpha value is -2.89. The molecule has 102 valence electrons. The molecule has 0 bridgehead atoms. The summed E-state index contributed by atoms with van der Waals surface area (Å²) < 4.78 is 0. The maximum absolute atomic E-state index is 12.0. The molecule has 2 rings (SSSR count). The molecule has 0 aromatic heterocycles. The van der Waals surface area contributed by atoms with E-state index in [0.29, 0.717) is 5.56 Å². The number of carbonyl (C=O) groups is 1. The van der Waals surface area contributed by atoms with Crippen LogP contribution in [0.5, 0.6) is 11.5 Å². The number of nitrogens with zero attached hydrogens (tertiary/aromatic N) is 1. The van der Waals surface area contributed by atoms with Crippen molar-refractivity contribution in [2.45, 2.75) is 6.42 Å². The highest BCUT2D eigenvalue weighted by Gasteiger charge is 2.13. The Labute approximate surface area is 114 Å². The maximum Gasteiger partial charge on any atom is 0.269 e. The summed E-state index contributed by atoms with van der Waals surface area (Å²) in [6.45, 7) is 0. The van der Waals surface area contributed by atoms with Gasteiger partial charge in [0.05, 0.1) is 10.5 Å². The quantitative estimate of drug-likeness (QED) is 0.385. The first-order chi connectivity index (χ1) is 9.47. The van der Waals surface area contributed by atoms with Gasteiger partial charge in [-0.05, 0) is 23.8 Å². The number of phenols is 2. The van der Waals surface area contributed by atoms with Crippen molar-refractivity contribution in [2.75, 3.05) is 0 Å². The first kappa shape index (κ1) is 13.5. The fraction of sp³-hybridized carbons (Fsp3) is 0.0714. The summed E-state index contributed by atoms with van der Waals surface area (Å²) in [7, 11) is 0. The van der Waals surface area contributed by atoms with Crippen molar-refractivity contribution < 1.29 is 19.9 Å². The lowest BCUT2D eigenvalue weighted by Gasteiger charge is -2.04. The van der Waals surface area contributed by atoms with E-state index in [2.05, 4.69) is 0 Å². The standard InChI is InChI=1S/C14H11NO5/c16-11-5-6-13(17)12(8-11)14(18)7-9-1-3-10(4-2-9)15(19)20/h1-6,8,16-17H,7H2. The van der Waals surface area contributed by atoms with Gasteiger partial charge in [-0.15, -0.1) is 0 Å². The van der Waals surface area contributed by atoms with Crippen LogP contribution in [0.1, 0.15) is 15.9 Å². The Morgan fingerprint density at radius 1 is 1.10 bits per heavy atom. The van der Waals surface area contributed by atoms with Gasteiger partial charge in [-0.2, -0.15) is 0 Å². The molecule has 0 amide bonds. The third kappa shape index (κ3) is 2.92. The van der Waals surface area contributed by atoms with Crippen LogP contribution < -0.4 is 0 Å². The lowest BCUT2D eigenvalue weighted by atomic mass is 10.0. The van der Waals surface area contributed by atoms with Gasteiger partial charge in [-0.3, -0.25) is 14.9 Å². The number of hydrogen-bond donors (Lipinski definition) is 2. The fourth-order valence-corrected chi connectivity index (χ4v) is 1.76. The molecule has 20 heavy (non-hydrogen) atoms. The van der Waals surface area contributed by atoms with Gasteiger partial charge >= 0.3 is 0 Å². The highest BCUT2D eigenvalue weighted by molar-refractivity contribution is 6.00. The number of phenolic OH excluding ortho intramolecular Hbond substituents is 2. The monoisotopic (exact) mass is 273 g/mol. The number of non-ortho nitro benzene ring substituents is 1. The molecule has 0 aliphatic rings. The molecule has 0 saturated carbocycles. The number of rotatable bonds is 4. The Balaban J connectivity index is 2.19. The summed E-state index contributed by atoms with van der Waals surface area (Å²) in [6, 6.07) is 9.28. The van der Waals surface area contributed by atoms with E-state index < -0.39 is 4.92 Å². The van der Waals surface area contributed by atoms with Gasteiger partial charge in [0.1, 0.15) is 11.5 Å². The van der Waals surface area contributed by atoms with E-state index >= 15 is 0 Å². The highest BCUT2D eigenvalue weighted by Crippen LogP contribution is 2.24. The van der Waals surface area contributed by atoms with Crippen molar-refractivity contribution in [1.82, 2.24) is 0 Å². The van der Waals surface area contributed by atoms with Gasteiger partial charge in [0.2, 0.25) is 0 Å². The predicted molar refractivity (Wildman–Crippen MR) is 70.9 cm³/mol.